The van der Waals surface area contributed by atoms with E-state index in [9.17, 15) is 0 Å². The van der Waals surface area contributed by atoms with Crippen LogP contribution in [-0.4, -0.2) is 35.8 Å². The SMILES string of the molecule is COc1cc(C)c(Cn2cc(CCCN)nn2)cc1OC. The monoisotopic (exact) mass is 290 g/mol. The molecule has 1 aromatic carbocycles. The molecule has 0 fully saturated rings. The second-order valence-corrected chi connectivity index (χ2v) is 4.93. The number of benzene rings is 1. The number of aryl methyl sites for hydroxylation is 2. The summed E-state index contributed by atoms with van der Waals surface area (Å²) in [5.41, 5.74) is 8.73. The molecule has 0 aliphatic rings. The number of aromatic nitrogens is 3. The Labute approximate surface area is 124 Å². The summed E-state index contributed by atoms with van der Waals surface area (Å²) in [5, 5.41) is 8.31. The summed E-state index contributed by atoms with van der Waals surface area (Å²) in [5.74, 6) is 1.46. The minimum absolute atomic E-state index is 0.655. The van der Waals surface area contributed by atoms with E-state index in [2.05, 4.69) is 10.3 Å². The molecule has 0 bridgehead atoms. The first-order chi connectivity index (χ1) is 10.2. The molecule has 2 rings (SSSR count). The number of nitrogens with zero attached hydrogens (tertiary/aromatic N) is 3. The van der Waals surface area contributed by atoms with E-state index in [0.29, 0.717) is 13.1 Å². The molecule has 0 saturated carbocycles. The van der Waals surface area contributed by atoms with Crippen molar-refractivity contribution in [3.63, 3.8) is 0 Å². The Morgan fingerprint density at radius 3 is 2.57 bits per heavy atom. The Morgan fingerprint density at radius 2 is 1.90 bits per heavy atom. The summed E-state index contributed by atoms with van der Waals surface area (Å²) in [6.45, 7) is 3.37. The van der Waals surface area contributed by atoms with Crippen LogP contribution in [0.5, 0.6) is 11.5 Å². The molecule has 114 valence electrons. The molecule has 0 aliphatic carbocycles. The van der Waals surface area contributed by atoms with Gasteiger partial charge in [-0.3, -0.25) is 0 Å². The highest BCUT2D eigenvalue weighted by atomic mass is 16.5. The Morgan fingerprint density at radius 1 is 1.19 bits per heavy atom. The average molecular weight is 290 g/mol. The van der Waals surface area contributed by atoms with Crippen LogP contribution in [0, 0.1) is 6.92 Å². The van der Waals surface area contributed by atoms with Crippen molar-refractivity contribution in [1.29, 1.82) is 0 Å². The van der Waals surface area contributed by atoms with Crippen molar-refractivity contribution < 1.29 is 9.47 Å². The fraction of sp³-hybridized carbons (Fsp3) is 0.467. The highest BCUT2D eigenvalue weighted by molar-refractivity contribution is 5.47. The molecule has 2 aromatic rings. The maximum Gasteiger partial charge on any atom is 0.161 e. The van der Waals surface area contributed by atoms with Crippen LogP contribution >= 0.6 is 0 Å². The minimum Gasteiger partial charge on any atom is -0.493 e. The highest BCUT2D eigenvalue weighted by Crippen LogP contribution is 2.30. The number of rotatable bonds is 7. The zero-order chi connectivity index (χ0) is 15.2. The molecule has 0 atom stereocenters. The van der Waals surface area contributed by atoms with E-state index < -0.39 is 0 Å². The minimum atomic E-state index is 0.655. The molecular formula is C15H22N4O2. The van der Waals surface area contributed by atoms with E-state index >= 15 is 0 Å². The molecule has 0 radical (unpaired) electrons. The van der Waals surface area contributed by atoms with Crippen molar-refractivity contribution in [1.82, 2.24) is 15.0 Å². The maximum atomic E-state index is 5.51. The lowest BCUT2D eigenvalue weighted by Gasteiger charge is -2.12. The van der Waals surface area contributed by atoms with Gasteiger partial charge in [0.2, 0.25) is 0 Å². The smallest absolute Gasteiger partial charge is 0.161 e. The van der Waals surface area contributed by atoms with Crippen LogP contribution in [0.15, 0.2) is 18.3 Å². The fourth-order valence-corrected chi connectivity index (χ4v) is 2.18. The first-order valence-electron chi connectivity index (χ1n) is 6.98. The van der Waals surface area contributed by atoms with Gasteiger partial charge in [0.25, 0.3) is 0 Å². The Kier molecular flexibility index (Phi) is 5.16. The van der Waals surface area contributed by atoms with E-state index in [1.54, 1.807) is 14.2 Å². The number of hydrogen-bond donors (Lipinski definition) is 1. The average Bonchev–Trinajstić information content (AvgIpc) is 2.94. The van der Waals surface area contributed by atoms with Crippen LogP contribution in [0.25, 0.3) is 0 Å². The third kappa shape index (κ3) is 3.72. The first kappa shape index (κ1) is 15.3. The summed E-state index contributed by atoms with van der Waals surface area (Å²) < 4.78 is 12.5. The van der Waals surface area contributed by atoms with Gasteiger partial charge >= 0.3 is 0 Å². The zero-order valence-electron chi connectivity index (χ0n) is 12.8. The predicted octanol–water partition coefficient (Wildman–Crippen LogP) is 1.54. The Hall–Kier alpha value is -2.08. The van der Waals surface area contributed by atoms with E-state index in [4.69, 9.17) is 15.2 Å². The van der Waals surface area contributed by atoms with Gasteiger partial charge in [-0.25, -0.2) is 4.68 Å². The van der Waals surface area contributed by atoms with E-state index in [-0.39, 0.29) is 0 Å². The molecule has 1 heterocycles. The lowest BCUT2D eigenvalue weighted by molar-refractivity contribution is 0.354. The maximum absolute atomic E-state index is 5.51. The number of methoxy groups -OCH3 is 2. The molecule has 0 saturated heterocycles. The van der Waals surface area contributed by atoms with Crippen LogP contribution in [0.3, 0.4) is 0 Å². The van der Waals surface area contributed by atoms with Gasteiger partial charge in [0.05, 0.1) is 26.5 Å². The van der Waals surface area contributed by atoms with Crippen LogP contribution in [0.4, 0.5) is 0 Å². The lowest BCUT2D eigenvalue weighted by Crippen LogP contribution is -2.04. The zero-order valence-corrected chi connectivity index (χ0v) is 12.8. The van der Waals surface area contributed by atoms with Gasteiger partial charge in [-0.1, -0.05) is 5.21 Å². The van der Waals surface area contributed by atoms with Crippen molar-refractivity contribution in [3.05, 3.63) is 35.2 Å². The van der Waals surface area contributed by atoms with Crippen LogP contribution < -0.4 is 15.2 Å². The van der Waals surface area contributed by atoms with Crippen molar-refractivity contribution in [2.45, 2.75) is 26.3 Å². The summed E-state index contributed by atoms with van der Waals surface area (Å²) in [6, 6.07) is 3.95. The topological polar surface area (TPSA) is 75.2 Å². The van der Waals surface area contributed by atoms with Crippen LogP contribution in [-0.2, 0) is 13.0 Å². The molecular weight excluding hydrogens is 268 g/mol. The van der Waals surface area contributed by atoms with Gasteiger partial charge in [-0.05, 0) is 49.6 Å². The molecule has 6 nitrogen and oxygen atoms in total. The van der Waals surface area contributed by atoms with Gasteiger partial charge < -0.3 is 15.2 Å². The summed E-state index contributed by atoms with van der Waals surface area (Å²) >= 11 is 0. The third-order valence-corrected chi connectivity index (χ3v) is 3.40. The van der Waals surface area contributed by atoms with Crippen molar-refractivity contribution in [2.75, 3.05) is 20.8 Å². The molecule has 2 N–H and O–H groups in total. The third-order valence-electron chi connectivity index (χ3n) is 3.40. The molecule has 1 aromatic heterocycles. The standard InChI is InChI=1S/C15H22N4O2/c1-11-7-14(20-2)15(21-3)8-12(11)9-19-10-13(17-18-19)5-4-6-16/h7-8,10H,4-6,9,16H2,1-3H3. The highest BCUT2D eigenvalue weighted by Gasteiger charge is 2.10. The molecule has 0 spiro atoms. The summed E-state index contributed by atoms with van der Waals surface area (Å²) in [4.78, 5) is 0. The largest absolute Gasteiger partial charge is 0.493 e. The van der Waals surface area contributed by atoms with Gasteiger partial charge in [0.15, 0.2) is 11.5 Å². The number of hydrogen-bond acceptors (Lipinski definition) is 5. The second kappa shape index (κ2) is 7.08. The number of ether oxygens (including phenoxy) is 2. The van der Waals surface area contributed by atoms with Crippen molar-refractivity contribution >= 4 is 0 Å². The van der Waals surface area contributed by atoms with E-state index in [1.165, 1.54) is 0 Å². The fourth-order valence-electron chi connectivity index (χ4n) is 2.18. The quantitative estimate of drug-likeness (QED) is 0.837. The van der Waals surface area contributed by atoms with Crippen LogP contribution in [0.2, 0.25) is 0 Å². The van der Waals surface area contributed by atoms with Gasteiger partial charge in [-0.15, -0.1) is 5.10 Å². The van der Waals surface area contributed by atoms with E-state index in [0.717, 1.165) is 41.2 Å². The number of nitrogens with two attached hydrogens (primary N) is 1. The van der Waals surface area contributed by atoms with E-state index in [1.807, 2.05) is 29.9 Å². The Balaban J connectivity index is 2.17. The Bertz CT molecular complexity index is 595. The lowest BCUT2D eigenvalue weighted by atomic mass is 10.1. The molecule has 0 unspecified atom stereocenters. The normalized spacial score (nSPS) is 10.7. The summed E-state index contributed by atoms with van der Waals surface area (Å²) in [6.07, 6.45) is 3.75. The van der Waals surface area contributed by atoms with Gasteiger partial charge in [0, 0.05) is 6.20 Å². The van der Waals surface area contributed by atoms with Crippen molar-refractivity contribution in [2.24, 2.45) is 5.73 Å². The van der Waals surface area contributed by atoms with Gasteiger partial charge in [0.1, 0.15) is 0 Å². The molecule has 0 amide bonds. The van der Waals surface area contributed by atoms with Crippen LogP contribution in [0.1, 0.15) is 23.2 Å². The molecule has 0 aliphatic heterocycles. The predicted molar refractivity (Wildman–Crippen MR) is 80.8 cm³/mol. The molecule has 6 heteroatoms. The summed E-state index contributed by atoms with van der Waals surface area (Å²) in [7, 11) is 3.27. The van der Waals surface area contributed by atoms with Gasteiger partial charge in [-0.2, -0.15) is 0 Å². The first-order valence-corrected chi connectivity index (χ1v) is 6.98. The second-order valence-electron chi connectivity index (χ2n) is 4.93. The van der Waals surface area contributed by atoms with Crippen molar-refractivity contribution in [3.8, 4) is 11.5 Å². The molecule has 21 heavy (non-hydrogen) atoms.